The summed E-state index contributed by atoms with van der Waals surface area (Å²) in [6, 6.07) is 67.0. The van der Waals surface area contributed by atoms with Crippen molar-refractivity contribution in [1.29, 1.82) is 0 Å². The summed E-state index contributed by atoms with van der Waals surface area (Å²) in [7, 11) is 0. The van der Waals surface area contributed by atoms with E-state index in [1.54, 1.807) is 0 Å². The lowest BCUT2D eigenvalue weighted by Gasteiger charge is -2.13. The Hall–Kier alpha value is -6.88. The predicted molar refractivity (Wildman–Crippen MR) is 229 cm³/mol. The third kappa shape index (κ3) is 4.88. The highest BCUT2D eigenvalue weighted by molar-refractivity contribution is 7.27. The summed E-state index contributed by atoms with van der Waals surface area (Å²) in [5, 5.41) is 7.71. The van der Waals surface area contributed by atoms with E-state index < -0.39 is 0 Å². The number of aromatic nitrogens is 3. The summed E-state index contributed by atoms with van der Waals surface area (Å²) in [5.74, 6) is 0.701. The molecule has 0 saturated carbocycles. The van der Waals surface area contributed by atoms with Gasteiger partial charge in [0.15, 0.2) is 5.82 Å². The number of thiophene rings is 1. The molecule has 0 spiro atoms. The van der Waals surface area contributed by atoms with E-state index in [1.807, 2.05) is 23.5 Å². The van der Waals surface area contributed by atoms with E-state index in [1.165, 1.54) is 63.9 Å². The molecule has 0 unspecified atom stereocenters. The Morgan fingerprint density at radius 1 is 0.389 bits per heavy atom. The monoisotopic (exact) mass is 705 g/mol. The molecule has 3 heterocycles. The maximum Gasteiger partial charge on any atom is 0.160 e. The molecular formula is C50H31N3S. The Morgan fingerprint density at radius 3 is 1.61 bits per heavy atom. The average Bonchev–Trinajstić information content (AvgIpc) is 3.81. The Kier molecular flexibility index (Phi) is 7.04. The number of fused-ring (bicyclic) bond motifs is 10. The summed E-state index contributed by atoms with van der Waals surface area (Å²) in [4.78, 5) is 10.2. The zero-order valence-electron chi connectivity index (χ0n) is 29.1. The number of hydrogen-bond donors (Lipinski definition) is 0. The minimum atomic E-state index is 0.701. The predicted octanol–water partition coefficient (Wildman–Crippen LogP) is 13.8. The van der Waals surface area contributed by atoms with Gasteiger partial charge in [-0.2, -0.15) is 0 Å². The van der Waals surface area contributed by atoms with Gasteiger partial charge < -0.3 is 4.57 Å². The number of hydrogen-bond acceptors (Lipinski definition) is 3. The first-order valence-corrected chi connectivity index (χ1v) is 19.1. The summed E-state index contributed by atoms with van der Waals surface area (Å²) >= 11 is 1.89. The molecule has 0 radical (unpaired) electrons. The Morgan fingerprint density at radius 2 is 0.944 bits per heavy atom. The SMILES string of the molecule is c1ccc(-c2ccc3c4c5c6ccccc6sc5c5ccccc5c4n(-c4ccc(-c5nc(-c6ccccc6)cc(-c6ccccc6)n5)cc4)c3c2)cc1. The molecular weight excluding hydrogens is 675 g/mol. The van der Waals surface area contributed by atoms with E-state index in [9.17, 15) is 0 Å². The van der Waals surface area contributed by atoms with Crippen LogP contribution in [0.3, 0.4) is 0 Å². The van der Waals surface area contributed by atoms with Crippen molar-refractivity contribution in [2.75, 3.05) is 0 Å². The fourth-order valence-corrected chi connectivity index (χ4v) is 9.34. The molecule has 54 heavy (non-hydrogen) atoms. The zero-order chi connectivity index (χ0) is 35.6. The topological polar surface area (TPSA) is 30.7 Å². The minimum absolute atomic E-state index is 0.701. The van der Waals surface area contributed by atoms with Crippen molar-refractivity contribution in [1.82, 2.24) is 14.5 Å². The van der Waals surface area contributed by atoms with Gasteiger partial charge in [-0.3, -0.25) is 0 Å². The molecule has 0 atom stereocenters. The Labute approximate surface area is 316 Å². The largest absolute Gasteiger partial charge is 0.309 e. The van der Waals surface area contributed by atoms with Gasteiger partial charge in [0.05, 0.1) is 22.4 Å². The van der Waals surface area contributed by atoms with Crippen molar-refractivity contribution in [2.24, 2.45) is 0 Å². The van der Waals surface area contributed by atoms with E-state index in [2.05, 4.69) is 180 Å². The Bertz CT molecular complexity index is 3120. The van der Waals surface area contributed by atoms with Crippen LogP contribution in [0, 0.1) is 0 Å². The number of nitrogens with zero attached hydrogens (tertiary/aromatic N) is 3. The molecule has 8 aromatic carbocycles. The molecule has 11 rings (SSSR count). The molecule has 0 N–H and O–H groups in total. The van der Waals surface area contributed by atoms with Gasteiger partial charge in [0, 0.05) is 64.1 Å². The van der Waals surface area contributed by atoms with Crippen LogP contribution in [-0.4, -0.2) is 14.5 Å². The first-order valence-electron chi connectivity index (χ1n) is 18.2. The van der Waals surface area contributed by atoms with Crippen molar-refractivity contribution in [2.45, 2.75) is 0 Å². The Balaban J connectivity index is 1.18. The van der Waals surface area contributed by atoms with Crippen LogP contribution in [0.1, 0.15) is 0 Å². The normalized spacial score (nSPS) is 11.7. The lowest BCUT2D eigenvalue weighted by molar-refractivity contribution is 1.17. The minimum Gasteiger partial charge on any atom is -0.309 e. The molecule has 3 aromatic heterocycles. The van der Waals surface area contributed by atoms with Gasteiger partial charge in [-0.05, 0) is 53.6 Å². The quantitative estimate of drug-likeness (QED) is 0.178. The molecule has 0 fully saturated rings. The lowest BCUT2D eigenvalue weighted by atomic mass is 9.98. The second kappa shape index (κ2) is 12.4. The van der Waals surface area contributed by atoms with Gasteiger partial charge >= 0.3 is 0 Å². The average molecular weight is 706 g/mol. The van der Waals surface area contributed by atoms with Crippen LogP contribution in [0.4, 0.5) is 0 Å². The lowest BCUT2D eigenvalue weighted by Crippen LogP contribution is -1.98. The van der Waals surface area contributed by atoms with E-state index in [4.69, 9.17) is 9.97 Å². The smallest absolute Gasteiger partial charge is 0.160 e. The van der Waals surface area contributed by atoms with E-state index >= 15 is 0 Å². The summed E-state index contributed by atoms with van der Waals surface area (Å²) in [6.07, 6.45) is 0. The molecule has 0 aliphatic carbocycles. The zero-order valence-corrected chi connectivity index (χ0v) is 30.0. The first-order chi connectivity index (χ1) is 26.8. The van der Waals surface area contributed by atoms with Crippen LogP contribution in [0.2, 0.25) is 0 Å². The van der Waals surface area contributed by atoms with Gasteiger partial charge in [0.2, 0.25) is 0 Å². The first kappa shape index (κ1) is 30.7. The molecule has 11 aromatic rings. The second-order valence-corrected chi connectivity index (χ2v) is 14.8. The molecule has 252 valence electrons. The van der Waals surface area contributed by atoms with Crippen LogP contribution in [0.15, 0.2) is 188 Å². The van der Waals surface area contributed by atoms with Gasteiger partial charge in [-0.15, -0.1) is 11.3 Å². The van der Waals surface area contributed by atoms with Crippen LogP contribution in [0.5, 0.6) is 0 Å². The second-order valence-electron chi connectivity index (χ2n) is 13.7. The highest BCUT2D eigenvalue weighted by Gasteiger charge is 2.22. The van der Waals surface area contributed by atoms with Crippen molar-refractivity contribution >= 4 is 64.1 Å². The standard InChI is InChI=1S/C50H31N3S/c1-4-14-32(15-5-1)36-26-29-40-44(30-36)53(48-38-20-10-11-21-39(38)49-47(46(40)48)41-22-12-13-23-45(41)54-49)37-27-24-35(25-28-37)50-51-42(33-16-6-2-7-17-33)31-43(52-50)34-18-8-3-9-19-34/h1-31H. The maximum absolute atomic E-state index is 5.12. The fourth-order valence-electron chi connectivity index (χ4n) is 8.09. The van der Waals surface area contributed by atoms with E-state index in [0.29, 0.717) is 5.82 Å². The van der Waals surface area contributed by atoms with Gasteiger partial charge in [0.1, 0.15) is 0 Å². The van der Waals surface area contributed by atoms with Crippen LogP contribution < -0.4 is 0 Å². The van der Waals surface area contributed by atoms with Crippen LogP contribution in [0.25, 0.3) is 103 Å². The number of benzene rings is 8. The number of rotatable bonds is 5. The fraction of sp³-hybridized carbons (Fsp3) is 0. The van der Waals surface area contributed by atoms with Gasteiger partial charge in [0.25, 0.3) is 0 Å². The van der Waals surface area contributed by atoms with Gasteiger partial charge in [-0.25, -0.2) is 9.97 Å². The third-order valence-corrected chi connectivity index (χ3v) is 11.8. The molecule has 0 amide bonds. The highest BCUT2D eigenvalue weighted by atomic mass is 32.1. The third-order valence-electron chi connectivity index (χ3n) is 10.6. The molecule has 0 saturated heterocycles. The van der Waals surface area contributed by atoms with E-state index in [0.717, 1.165) is 33.8 Å². The summed E-state index contributed by atoms with van der Waals surface area (Å²) in [5.41, 5.74) is 10.8. The maximum atomic E-state index is 5.12. The van der Waals surface area contributed by atoms with Crippen molar-refractivity contribution in [3.63, 3.8) is 0 Å². The highest BCUT2D eigenvalue weighted by Crippen LogP contribution is 2.48. The van der Waals surface area contributed by atoms with Crippen LogP contribution >= 0.6 is 11.3 Å². The van der Waals surface area contributed by atoms with Crippen LogP contribution in [-0.2, 0) is 0 Å². The van der Waals surface area contributed by atoms with E-state index in [-0.39, 0.29) is 0 Å². The summed E-state index contributed by atoms with van der Waals surface area (Å²) < 4.78 is 5.13. The molecule has 0 bridgehead atoms. The molecule has 0 aliphatic rings. The van der Waals surface area contributed by atoms with Crippen molar-refractivity contribution in [3.05, 3.63) is 188 Å². The van der Waals surface area contributed by atoms with Crippen molar-refractivity contribution < 1.29 is 0 Å². The summed E-state index contributed by atoms with van der Waals surface area (Å²) in [6.45, 7) is 0. The van der Waals surface area contributed by atoms with Gasteiger partial charge in [-0.1, -0.05) is 146 Å². The molecule has 4 heteroatoms. The molecule has 3 nitrogen and oxygen atoms in total. The molecule has 0 aliphatic heterocycles. The van der Waals surface area contributed by atoms with Crippen molar-refractivity contribution in [3.8, 4) is 50.7 Å².